The number of nitrogens with one attached hydrogen (secondary N) is 2. The fraction of sp³-hybridized carbons (Fsp3) is 0.500. The van der Waals surface area contributed by atoms with E-state index in [1.165, 1.54) is 32.9 Å². The number of halogens is 2. The van der Waals surface area contributed by atoms with E-state index >= 15 is 0 Å². The van der Waals surface area contributed by atoms with E-state index in [0.717, 1.165) is 16.8 Å². The molecule has 2 atom stereocenters. The molecule has 2 aromatic rings. The topological polar surface area (TPSA) is 193 Å². The summed E-state index contributed by atoms with van der Waals surface area (Å²) >= 11 is 0. The Morgan fingerprint density at radius 2 is 1.79 bits per heavy atom. The van der Waals surface area contributed by atoms with Crippen molar-refractivity contribution in [3.63, 3.8) is 0 Å². The highest BCUT2D eigenvalue weighted by Crippen LogP contribution is 2.23. The highest BCUT2D eigenvalue weighted by atomic mass is 19.1. The second-order valence-electron chi connectivity index (χ2n) is 10.9. The summed E-state index contributed by atoms with van der Waals surface area (Å²) in [6.45, 7) is 1.05. The van der Waals surface area contributed by atoms with Crippen LogP contribution in [0.5, 0.6) is 5.88 Å². The number of hydrogen-bond donors (Lipinski definition) is 3. The van der Waals surface area contributed by atoms with E-state index in [0.29, 0.717) is 12.8 Å². The van der Waals surface area contributed by atoms with Gasteiger partial charge in [-0.3, -0.25) is 24.0 Å². The monoisotopic (exact) mass is 677 g/mol. The van der Waals surface area contributed by atoms with Crippen molar-refractivity contribution < 1.29 is 52.1 Å². The van der Waals surface area contributed by atoms with Crippen LogP contribution in [0.3, 0.4) is 0 Å². The van der Waals surface area contributed by atoms with Crippen molar-refractivity contribution in [2.24, 2.45) is 0 Å². The van der Waals surface area contributed by atoms with Gasteiger partial charge in [-0.05, 0) is 38.0 Å². The van der Waals surface area contributed by atoms with E-state index in [-0.39, 0.29) is 63.1 Å². The molecule has 1 aromatic carbocycles. The molecule has 0 unspecified atom stereocenters. The molecule has 2 saturated heterocycles. The SMILES string of the molecule is CCOC(=O)N1CCN(C(=O)[C@H](CC(=O)O)NC(=O)c2cc(OCC(=O)N3CCC[C@H]3C(=O)NCCF)n(-c3cccc(F)c3)n2)CC1. The highest BCUT2D eigenvalue weighted by molar-refractivity contribution is 5.97. The Morgan fingerprint density at radius 3 is 2.46 bits per heavy atom. The highest BCUT2D eigenvalue weighted by Gasteiger charge is 2.35. The van der Waals surface area contributed by atoms with Gasteiger partial charge in [0.1, 0.15) is 24.6 Å². The molecule has 2 aliphatic rings. The molecule has 0 saturated carbocycles. The number of alkyl halides is 1. The lowest BCUT2D eigenvalue weighted by molar-refractivity contribution is -0.143. The van der Waals surface area contributed by atoms with Crippen molar-refractivity contribution in [2.45, 2.75) is 38.3 Å². The molecule has 0 spiro atoms. The maximum absolute atomic E-state index is 14.1. The number of rotatable bonds is 13. The van der Waals surface area contributed by atoms with Crippen LogP contribution in [0.4, 0.5) is 13.6 Å². The number of benzene rings is 1. The summed E-state index contributed by atoms with van der Waals surface area (Å²) in [4.78, 5) is 79.8. The summed E-state index contributed by atoms with van der Waals surface area (Å²) in [7, 11) is 0. The molecule has 0 bridgehead atoms. The minimum Gasteiger partial charge on any atom is -0.481 e. The molecule has 2 aliphatic heterocycles. The quantitative estimate of drug-likeness (QED) is 0.266. The number of aromatic nitrogens is 2. The molecule has 260 valence electrons. The van der Waals surface area contributed by atoms with Gasteiger partial charge in [0.25, 0.3) is 11.8 Å². The number of hydrogen-bond acceptors (Lipinski definition) is 9. The van der Waals surface area contributed by atoms with Crippen LogP contribution in [-0.4, -0.2) is 137 Å². The maximum atomic E-state index is 14.1. The van der Waals surface area contributed by atoms with Gasteiger partial charge >= 0.3 is 12.1 Å². The minimum atomic E-state index is -1.50. The number of nitrogens with zero attached hydrogens (tertiary/aromatic N) is 5. The Morgan fingerprint density at radius 1 is 1.06 bits per heavy atom. The fourth-order valence-electron chi connectivity index (χ4n) is 5.37. The van der Waals surface area contributed by atoms with Crippen LogP contribution in [0.1, 0.15) is 36.7 Å². The van der Waals surface area contributed by atoms with E-state index in [9.17, 15) is 42.7 Å². The zero-order valence-electron chi connectivity index (χ0n) is 26.2. The van der Waals surface area contributed by atoms with Gasteiger partial charge in [0.15, 0.2) is 12.3 Å². The maximum Gasteiger partial charge on any atom is 0.409 e. The second kappa shape index (κ2) is 16.5. The van der Waals surface area contributed by atoms with Crippen LogP contribution >= 0.6 is 0 Å². The first kappa shape index (κ1) is 35.6. The number of carboxylic acids is 1. The number of piperazine rings is 1. The number of likely N-dealkylation sites (tertiary alicyclic amines) is 1. The number of carbonyl (C=O) groups excluding carboxylic acids is 5. The Balaban J connectivity index is 1.50. The van der Waals surface area contributed by atoms with Gasteiger partial charge in [-0.2, -0.15) is 5.10 Å². The molecule has 5 amide bonds. The predicted molar refractivity (Wildman–Crippen MR) is 161 cm³/mol. The average molecular weight is 678 g/mol. The largest absolute Gasteiger partial charge is 0.481 e. The number of amides is 5. The fourth-order valence-corrected chi connectivity index (χ4v) is 5.37. The van der Waals surface area contributed by atoms with Crippen molar-refractivity contribution in [1.82, 2.24) is 35.1 Å². The smallest absolute Gasteiger partial charge is 0.409 e. The van der Waals surface area contributed by atoms with Crippen molar-refractivity contribution in [3.8, 4) is 11.6 Å². The first-order valence-electron chi connectivity index (χ1n) is 15.4. The predicted octanol–water partition coefficient (Wildman–Crippen LogP) is 0.341. The van der Waals surface area contributed by atoms with Crippen molar-refractivity contribution in [2.75, 3.05) is 59.2 Å². The summed E-state index contributed by atoms with van der Waals surface area (Å²) in [5.41, 5.74) is -0.208. The summed E-state index contributed by atoms with van der Waals surface area (Å²) in [5, 5.41) is 18.5. The lowest BCUT2D eigenvalue weighted by Crippen LogP contribution is -2.56. The summed E-state index contributed by atoms with van der Waals surface area (Å²) in [5.74, 6) is -4.84. The Kier molecular flexibility index (Phi) is 12.2. The van der Waals surface area contributed by atoms with Gasteiger partial charge in [0.2, 0.25) is 17.7 Å². The Labute approximate surface area is 273 Å². The van der Waals surface area contributed by atoms with Crippen LogP contribution in [0.15, 0.2) is 30.3 Å². The van der Waals surface area contributed by atoms with Crippen molar-refractivity contribution >= 4 is 35.7 Å². The number of carboxylic acid groups (broad SMARTS) is 1. The first-order chi connectivity index (χ1) is 23.0. The number of aliphatic carboxylic acids is 1. The zero-order chi connectivity index (χ0) is 34.8. The molecule has 1 aromatic heterocycles. The lowest BCUT2D eigenvalue weighted by Gasteiger charge is -2.35. The van der Waals surface area contributed by atoms with Crippen molar-refractivity contribution in [3.05, 3.63) is 41.8 Å². The molecule has 4 rings (SSSR count). The van der Waals surface area contributed by atoms with E-state index in [1.807, 2.05) is 0 Å². The third-order valence-electron chi connectivity index (χ3n) is 7.67. The normalized spacial score (nSPS) is 16.6. The van der Waals surface area contributed by atoms with Gasteiger partial charge in [-0.1, -0.05) is 6.07 Å². The van der Waals surface area contributed by atoms with Gasteiger partial charge < -0.3 is 39.9 Å². The van der Waals surface area contributed by atoms with E-state index < -0.39 is 73.3 Å². The number of ether oxygens (including phenoxy) is 2. The average Bonchev–Trinajstić information content (AvgIpc) is 3.74. The summed E-state index contributed by atoms with van der Waals surface area (Å²) in [6.07, 6.45) is -0.358. The molecule has 3 N–H and O–H groups in total. The van der Waals surface area contributed by atoms with E-state index in [1.54, 1.807) is 6.92 Å². The summed E-state index contributed by atoms with van der Waals surface area (Å²) < 4.78 is 38.4. The van der Waals surface area contributed by atoms with Crippen LogP contribution < -0.4 is 15.4 Å². The summed E-state index contributed by atoms with van der Waals surface area (Å²) in [6, 6.07) is 3.97. The van der Waals surface area contributed by atoms with E-state index in [2.05, 4.69) is 15.7 Å². The Hall–Kier alpha value is -5.29. The molecule has 48 heavy (non-hydrogen) atoms. The first-order valence-corrected chi connectivity index (χ1v) is 15.4. The van der Waals surface area contributed by atoms with Gasteiger partial charge in [-0.15, -0.1) is 0 Å². The van der Waals surface area contributed by atoms with Crippen LogP contribution in [-0.2, 0) is 23.9 Å². The lowest BCUT2D eigenvalue weighted by atomic mass is 10.1. The minimum absolute atomic E-state index is 0.0826. The molecule has 18 heteroatoms. The molecule has 0 aliphatic carbocycles. The van der Waals surface area contributed by atoms with Gasteiger partial charge in [-0.25, -0.2) is 18.3 Å². The molecule has 3 heterocycles. The molecule has 0 radical (unpaired) electrons. The third-order valence-corrected chi connectivity index (χ3v) is 7.67. The zero-order valence-corrected chi connectivity index (χ0v) is 26.2. The second-order valence-corrected chi connectivity index (χ2v) is 10.9. The molecular formula is C30H37F2N7O9. The molecule has 16 nitrogen and oxygen atoms in total. The Bertz CT molecular complexity index is 1510. The number of carbonyl (C=O) groups is 6. The van der Waals surface area contributed by atoms with Crippen LogP contribution in [0.2, 0.25) is 0 Å². The molecule has 2 fully saturated rings. The molecular weight excluding hydrogens is 640 g/mol. The van der Waals surface area contributed by atoms with E-state index in [4.69, 9.17) is 9.47 Å². The van der Waals surface area contributed by atoms with Crippen LogP contribution in [0.25, 0.3) is 5.69 Å². The van der Waals surface area contributed by atoms with Gasteiger partial charge in [0, 0.05) is 45.3 Å². The standard InChI is InChI=1S/C30H37F2N7O9/c1-2-47-30(46)37-13-11-36(12-14-37)29(45)22(17-26(41)42)34-27(43)21-16-25(39(35-21)20-6-3-5-19(32)15-20)48-18-24(40)38-10-4-7-23(38)28(44)33-9-8-31/h3,5-6,15-16,22-23H,2,4,7-14,17-18H2,1H3,(H,33,44)(H,34,43)(H,41,42)/t22-,23-/m0/s1. The van der Waals surface area contributed by atoms with Crippen LogP contribution in [0, 0.1) is 5.82 Å². The van der Waals surface area contributed by atoms with Crippen molar-refractivity contribution in [1.29, 1.82) is 0 Å². The van der Waals surface area contributed by atoms with Gasteiger partial charge in [0.05, 0.1) is 18.7 Å². The third kappa shape index (κ3) is 8.95.